The minimum atomic E-state index is -2.01. The third kappa shape index (κ3) is 18.6. The number of hydrogen-bond acceptors (Lipinski definition) is 26. The molecular formula is C61H68N16O21S2. The number of carbonyl (C=O) groups is 11. The van der Waals surface area contributed by atoms with Crippen molar-refractivity contribution in [3.63, 3.8) is 0 Å². The Morgan fingerprint density at radius 3 is 2.13 bits per heavy atom. The van der Waals surface area contributed by atoms with Gasteiger partial charge in [0.25, 0.3) is 17.0 Å². The number of aliphatic carboxylic acids is 4. The maximum absolute atomic E-state index is 13.9. The predicted octanol–water partition coefficient (Wildman–Crippen LogP) is -0.341. The first-order valence-corrected chi connectivity index (χ1v) is 33.1. The molecule has 5 amide bonds. The van der Waals surface area contributed by atoms with Crippen LogP contribution in [0.3, 0.4) is 0 Å². The summed E-state index contributed by atoms with van der Waals surface area (Å²) in [6.07, 6.45) is -3.21. The van der Waals surface area contributed by atoms with Crippen molar-refractivity contribution in [2.75, 3.05) is 35.7 Å². The van der Waals surface area contributed by atoms with Crippen molar-refractivity contribution < 1.29 is 92.5 Å². The van der Waals surface area contributed by atoms with E-state index in [1.807, 2.05) is 6.92 Å². The lowest BCUT2D eigenvalue weighted by Gasteiger charge is -2.31. The summed E-state index contributed by atoms with van der Waals surface area (Å²) in [5.41, 5.74) is 12.0. The lowest BCUT2D eigenvalue weighted by atomic mass is 9.86. The van der Waals surface area contributed by atoms with Crippen molar-refractivity contribution in [3.05, 3.63) is 109 Å². The summed E-state index contributed by atoms with van der Waals surface area (Å²) in [4.78, 5) is 187. The zero-order chi connectivity index (χ0) is 72.7. The summed E-state index contributed by atoms with van der Waals surface area (Å²) in [7, 11) is 1.93. The van der Waals surface area contributed by atoms with E-state index in [2.05, 4.69) is 57.2 Å². The molecule has 0 radical (unpaired) electrons. The molecule has 18 N–H and O–H groups in total. The summed E-state index contributed by atoms with van der Waals surface area (Å²) < 4.78 is 17.4. The van der Waals surface area contributed by atoms with Crippen LogP contribution in [0.25, 0.3) is 33.5 Å². The lowest BCUT2D eigenvalue weighted by molar-refractivity contribution is -0.172. The third-order valence-corrected chi connectivity index (χ3v) is 18.1. The largest absolute Gasteiger partial charge is 0.513 e. The van der Waals surface area contributed by atoms with E-state index in [-0.39, 0.29) is 103 Å². The Bertz CT molecular complexity index is 4370. The summed E-state index contributed by atoms with van der Waals surface area (Å²) in [5.74, 6) is -13.9. The van der Waals surface area contributed by atoms with Gasteiger partial charge in [0.15, 0.2) is 22.7 Å². The van der Waals surface area contributed by atoms with Crippen molar-refractivity contribution in [2.45, 2.75) is 121 Å². The fourth-order valence-corrected chi connectivity index (χ4v) is 12.6. The molecule has 6 heterocycles. The number of fused-ring (bicyclic) bond motifs is 6. The molecule has 4 aromatic heterocycles. The Balaban J connectivity index is 0.812. The first-order chi connectivity index (χ1) is 47.6. The maximum Gasteiger partial charge on any atom is 0.513 e. The fraction of sp³-hybridized carbons (Fsp3) is 0.377. The van der Waals surface area contributed by atoms with Gasteiger partial charge in [-0.2, -0.15) is 4.98 Å². The number of cyclic esters (lactones) is 1. The van der Waals surface area contributed by atoms with Gasteiger partial charge in [0.1, 0.15) is 49.2 Å². The molecule has 0 spiro atoms. The van der Waals surface area contributed by atoms with Gasteiger partial charge in [-0.25, -0.2) is 34.1 Å². The molecule has 2 aliphatic heterocycles. The number of hydrogen-bond donors (Lipinski definition) is 16. The number of anilines is 2. The Morgan fingerprint density at radius 1 is 0.800 bits per heavy atom. The van der Waals surface area contributed by atoms with Crippen LogP contribution in [0.5, 0.6) is 5.75 Å². The number of amides is 5. The molecule has 0 saturated heterocycles. The van der Waals surface area contributed by atoms with E-state index in [1.54, 1.807) is 25.1 Å². The van der Waals surface area contributed by atoms with Crippen LogP contribution in [0, 0.1) is 5.41 Å². The fourth-order valence-electron chi connectivity index (χ4n) is 10.7. The van der Waals surface area contributed by atoms with Crippen LogP contribution in [-0.4, -0.2) is 181 Å². The number of esters is 1. The van der Waals surface area contributed by atoms with Gasteiger partial charge in [-0.05, 0) is 86.2 Å². The average Bonchev–Trinajstić information content (AvgIpc) is 1.52. The summed E-state index contributed by atoms with van der Waals surface area (Å²) >= 11 is 0. The highest BCUT2D eigenvalue weighted by molar-refractivity contribution is 8.76. The van der Waals surface area contributed by atoms with Gasteiger partial charge in [-0.3, -0.25) is 53.5 Å². The Hall–Kier alpha value is -11.5. The molecule has 0 saturated carbocycles. The number of carbonyl (C=O) groups excluding carboxylic acids is 7. The first-order valence-electron chi connectivity index (χ1n) is 30.6. The van der Waals surface area contributed by atoms with Gasteiger partial charge in [0.05, 0.1) is 60.3 Å². The van der Waals surface area contributed by atoms with Crippen LogP contribution in [0.1, 0.15) is 97.1 Å². The van der Waals surface area contributed by atoms with Crippen molar-refractivity contribution in [3.8, 4) is 17.1 Å². The molecule has 530 valence electrons. The summed E-state index contributed by atoms with van der Waals surface area (Å²) in [6.45, 7) is 3.11. The molecule has 8 rings (SSSR count). The van der Waals surface area contributed by atoms with Crippen LogP contribution >= 0.6 is 21.6 Å². The van der Waals surface area contributed by atoms with Crippen molar-refractivity contribution in [1.29, 1.82) is 5.41 Å². The van der Waals surface area contributed by atoms with Crippen molar-refractivity contribution in [2.24, 2.45) is 5.73 Å². The average molecular weight is 1430 g/mol. The second-order valence-corrected chi connectivity index (χ2v) is 25.1. The van der Waals surface area contributed by atoms with E-state index in [0.717, 1.165) is 32.7 Å². The highest BCUT2D eigenvalue weighted by atomic mass is 33.1. The number of benzene rings is 2. The number of aryl methyl sites for hydroxylation is 1. The van der Waals surface area contributed by atoms with Gasteiger partial charge in [0.2, 0.25) is 29.6 Å². The lowest BCUT2D eigenvalue weighted by Crippen LogP contribution is -2.58. The zero-order valence-electron chi connectivity index (χ0n) is 53.2. The molecule has 2 aromatic carbocycles. The van der Waals surface area contributed by atoms with Gasteiger partial charge >= 0.3 is 36.0 Å². The normalized spacial score (nSPS) is 15.0. The Labute approximate surface area is 572 Å². The molecule has 0 bridgehead atoms. The van der Waals surface area contributed by atoms with E-state index in [1.165, 1.54) is 41.1 Å². The third-order valence-electron chi connectivity index (χ3n) is 15.7. The number of nitrogen functional groups attached to an aromatic ring is 1. The number of nitrogens with zero attached hydrogens (tertiary/aromatic N) is 5. The molecular weight excluding hydrogens is 1360 g/mol. The molecule has 0 fully saturated rings. The number of aliphatic hydroxyl groups is 1. The van der Waals surface area contributed by atoms with E-state index in [4.69, 9.17) is 36.1 Å². The van der Waals surface area contributed by atoms with Crippen molar-refractivity contribution >= 4 is 127 Å². The second kappa shape index (κ2) is 33.2. The molecule has 39 heteroatoms. The SMILES string of the molecule is CCc1c2c(nc3ccc(OC(=O)OCCSSC[C@H](NC(=O)[C@H](CC(=O)O)NC(=O)[C@H](CCCNC(=N)N)NC(=O)[C@H](CC(=O)O)NC(=O)CCC(NC(=O)c4ccc(NCc5cnc6nc(N)[nH]c(=O)c6n5)cc4)C(=O)O)C(=O)O)cc13)-c1cc3c(c(=O)n1C2)COC(=O)[C@]3(O)CC. The van der Waals surface area contributed by atoms with Crippen molar-refractivity contribution in [1.82, 2.24) is 61.4 Å². The molecule has 6 atom stereocenters. The number of aromatic amines is 1. The van der Waals surface area contributed by atoms with Crippen LogP contribution in [0.4, 0.5) is 16.4 Å². The molecule has 6 aromatic rings. The van der Waals surface area contributed by atoms with Crippen LogP contribution < -0.4 is 64.5 Å². The maximum atomic E-state index is 13.9. The standard InChI is InChI=1S/C61H68N16O21S2/c1-3-31-32-18-30(11-12-36(32)70-46-33(31)24-77-42(46)19-35-34(54(77)88)25-97-57(93)61(35,95)4-2)98-60(94)96-16-17-99-100-26-41(56(91)92)74-52(86)40(21-45(81)82)73-50(84)37(6-5-15-65-58(62)63)71-51(85)39(20-44(79)80)69-43(78)14-13-38(55(89)90)72-49(83)27-7-9-28(10-8-27)66-22-29-23-67-48-47(68-29)53(87)76-59(64)75-48/h7-12,18-19,23,37-41,66,95H,3-6,13-17,20-22,24-26H2,1-2H3,(H,69,78)(H,71,85)(H,72,83)(H,73,84)(H,74,86)(H,79,80)(H,81,82)(H,89,90)(H,91,92)(H4,62,63,65)(H3,64,67,75,76,87)/t37-,38?,39-,40-,41-,61-/m0/s1. The topological polar surface area (TPSA) is 583 Å². The van der Waals surface area contributed by atoms with Crippen LogP contribution in [0.15, 0.2) is 64.3 Å². The van der Waals surface area contributed by atoms with Gasteiger partial charge in [0, 0.05) is 52.2 Å². The van der Waals surface area contributed by atoms with E-state index < -0.39 is 144 Å². The van der Waals surface area contributed by atoms with E-state index in [0.29, 0.717) is 40.1 Å². The van der Waals surface area contributed by atoms with Crippen LogP contribution in [0.2, 0.25) is 0 Å². The molecule has 100 heavy (non-hydrogen) atoms. The molecule has 1 unspecified atom stereocenters. The summed E-state index contributed by atoms with van der Waals surface area (Å²) in [5, 5.41) is 75.4. The van der Waals surface area contributed by atoms with Gasteiger partial charge in [-0.15, -0.1) is 0 Å². The highest BCUT2D eigenvalue weighted by Crippen LogP contribution is 2.41. The van der Waals surface area contributed by atoms with Gasteiger partial charge < -0.3 is 93.0 Å². The number of nitrogens with one attached hydrogen (secondary N) is 9. The number of nitrogens with two attached hydrogens (primary N) is 2. The van der Waals surface area contributed by atoms with E-state index in [9.17, 15) is 87.9 Å². The smallest absolute Gasteiger partial charge is 0.481 e. The summed E-state index contributed by atoms with van der Waals surface area (Å²) in [6, 6.07) is 2.89. The Kier molecular flexibility index (Phi) is 24.7. The quantitative estimate of drug-likeness (QED) is 0.00613. The number of H-pyrrole nitrogens is 1. The van der Waals surface area contributed by atoms with Gasteiger partial charge in [-0.1, -0.05) is 35.4 Å². The number of carboxylic acid groups (broad SMARTS) is 4. The zero-order valence-corrected chi connectivity index (χ0v) is 54.8. The number of ether oxygens (including phenoxy) is 3. The number of pyridine rings is 2. The number of aromatic nitrogens is 6. The van der Waals surface area contributed by atoms with Crippen LogP contribution in [-0.2, 0) is 84.3 Å². The first kappa shape index (κ1) is 74.3. The number of carboxylic acids is 4. The number of guanidine groups is 1. The second-order valence-electron chi connectivity index (χ2n) is 22.5. The minimum Gasteiger partial charge on any atom is -0.481 e. The molecule has 0 aliphatic carbocycles. The molecule has 37 nitrogen and oxygen atoms in total. The molecule has 2 aliphatic rings. The minimum absolute atomic E-state index is 0.000309. The monoisotopic (exact) mass is 1420 g/mol. The highest BCUT2D eigenvalue weighted by Gasteiger charge is 2.46. The Morgan fingerprint density at radius 2 is 1.47 bits per heavy atom. The number of rotatable bonds is 34. The van der Waals surface area contributed by atoms with E-state index >= 15 is 0 Å². The predicted molar refractivity (Wildman–Crippen MR) is 354 cm³/mol.